The van der Waals surface area contributed by atoms with Crippen molar-refractivity contribution in [3.63, 3.8) is 0 Å². The molecule has 1 aliphatic carbocycles. The molecule has 1 aromatic carbocycles. The van der Waals surface area contributed by atoms with E-state index in [4.69, 9.17) is 23.1 Å². The van der Waals surface area contributed by atoms with Crippen LogP contribution < -0.4 is 11.5 Å². The van der Waals surface area contributed by atoms with Crippen LogP contribution in [0.2, 0.25) is 5.02 Å². The van der Waals surface area contributed by atoms with Crippen LogP contribution >= 0.6 is 11.6 Å². The van der Waals surface area contributed by atoms with Gasteiger partial charge in [0.2, 0.25) is 0 Å². The number of aromatic nitrogens is 3. The summed E-state index contributed by atoms with van der Waals surface area (Å²) in [5.74, 6) is 0. The minimum Gasteiger partial charge on any atom is -0.400 e. The van der Waals surface area contributed by atoms with Crippen LogP contribution in [0, 0.1) is 5.41 Å². The number of halogens is 1. The summed E-state index contributed by atoms with van der Waals surface area (Å²) in [5.41, 5.74) is 14.1. The molecule has 114 valence electrons. The van der Waals surface area contributed by atoms with Crippen LogP contribution in [0.3, 0.4) is 0 Å². The first-order chi connectivity index (χ1) is 10.5. The summed E-state index contributed by atoms with van der Waals surface area (Å²) >= 11 is 6.01. The zero-order chi connectivity index (χ0) is 15.7. The Bertz CT molecular complexity index is 718. The molecular weight excluding hydrogens is 298 g/mol. The summed E-state index contributed by atoms with van der Waals surface area (Å²) in [5, 5.41) is 5.03. The van der Waals surface area contributed by atoms with E-state index in [2.05, 4.69) is 23.1 Å². The predicted molar refractivity (Wildman–Crippen MR) is 86.9 cm³/mol. The number of allylic oxidation sites excluding steroid dienone is 3. The maximum absolute atomic E-state index is 6.08. The monoisotopic (exact) mass is 315 g/mol. The van der Waals surface area contributed by atoms with E-state index in [-0.39, 0.29) is 11.5 Å². The van der Waals surface area contributed by atoms with Gasteiger partial charge in [0.1, 0.15) is 12.7 Å². The van der Waals surface area contributed by atoms with Crippen molar-refractivity contribution in [2.45, 2.75) is 19.4 Å². The van der Waals surface area contributed by atoms with E-state index < -0.39 is 0 Å². The number of rotatable bonds is 3. The Labute approximate surface area is 134 Å². The average molecular weight is 316 g/mol. The molecule has 1 heterocycles. The van der Waals surface area contributed by atoms with E-state index in [9.17, 15) is 0 Å². The molecule has 0 bridgehead atoms. The van der Waals surface area contributed by atoms with Crippen LogP contribution in [0.5, 0.6) is 0 Å². The van der Waals surface area contributed by atoms with Crippen molar-refractivity contribution in [1.82, 2.24) is 14.8 Å². The third-order valence-corrected chi connectivity index (χ3v) is 4.35. The lowest BCUT2D eigenvalue weighted by Crippen LogP contribution is -2.34. The Morgan fingerprint density at radius 2 is 2.00 bits per heavy atom. The topological polar surface area (TPSA) is 82.8 Å². The summed E-state index contributed by atoms with van der Waals surface area (Å²) in [4.78, 5) is 4.08. The second-order valence-electron chi connectivity index (χ2n) is 5.83. The molecule has 0 aliphatic heterocycles. The van der Waals surface area contributed by atoms with Gasteiger partial charge in [-0.15, -0.1) is 0 Å². The zero-order valence-electron chi connectivity index (χ0n) is 12.3. The molecule has 1 aliphatic rings. The molecule has 0 saturated heterocycles. The van der Waals surface area contributed by atoms with Crippen molar-refractivity contribution in [3.8, 4) is 0 Å². The third kappa shape index (κ3) is 2.60. The van der Waals surface area contributed by atoms with Crippen molar-refractivity contribution in [3.05, 3.63) is 71.1 Å². The van der Waals surface area contributed by atoms with E-state index in [1.165, 1.54) is 6.33 Å². The van der Waals surface area contributed by atoms with Gasteiger partial charge in [0.25, 0.3) is 0 Å². The van der Waals surface area contributed by atoms with E-state index in [0.717, 1.165) is 5.56 Å². The van der Waals surface area contributed by atoms with Crippen LogP contribution in [-0.4, -0.2) is 14.8 Å². The van der Waals surface area contributed by atoms with Gasteiger partial charge in [0.05, 0.1) is 11.7 Å². The highest BCUT2D eigenvalue weighted by molar-refractivity contribution is 6.30. The second-order valence-corrected chi connectivity index (χ2v) is 6.26. The standard InChI is InChI=1S/C16H18ClN5/c1-16(7-6-13(18)14(19)8-16)15(22-10-20-9-21-22)11-2-4-12(17)5-3-11/h2-7,9-10,15H,8,18-19H2,1H3. The van der Waals surface area contributed by atoms with Gasteiger partial charge in [0, 0.05) is 22.6 Å². The van der Waals surface area contributed by atoms with Gasteiger partial charge in [-0.05, 0) is 23.8 Å². The predicted octanol–water partition coefficient (Wildman–Crippen LogP) is 2.62. The van der Waals surface area contributed by atoms with E-state index in [1.54, 1.807) is 6.33 Å². The van der Waals surface area contributed by atoms with E-state index in [1.807, 2.05) is 35.0 Å². The van der Waals surface area contributed by atoms with E-state index >= 15 is 0 Å². The highest BCUT2D eigenvalue weighted by Gasteiger charge is 2.37. The van der Waals surface area contributed by atoms with Gasteiger partial charge < -0.3 is 11.5 Å². The normalized spacial score (nSPS) is 22.8. The maximum Gasteiger partial charge on any atom is 0.137 e. The summed E-state index contributed by atoms with van der Waals surface area (Å²) in [7, 11) is 0. The van der Waals surface area contributed by atoms with Crippen molar-refractivity contribution < 1.29 is 0 Å². The minimum atomic E-state index is -0.255. The molecule has 0 radical (unpaired) electrons. The zero-order valence-corrected chi connectivity index (χ0v) is 13.0. The first-order valence-corrected chi connectivity index (χ1v) is 7.40. The molecule has 0 saturated carbocycles. The molecular formula is C16H18ClN5. The molecule has 2 unspecified atom stereocenters. The van der Waals surface area contributed by atoms with Gasteiger partial charge in [-0.2, -0.15) is 5.10 Å². The third-order valence-electron chi connectivity index (χ3n) is 4.10. The van der Waals surface area contributed by atoms with Crippen molar-refractivity contribution >= 4 is 11.6 Å². The number of hydrogen-bond acceptors (Lipinski definition) is 4. The van der Waals surface area contributed by atoms with Crippen LogP contribution in [0.15, 0.2) is 60.5 Å². The van der Waals surface area contributed by atoms with Gasteiger partial charge in [-0.1, -0.05) is 36.7 Å². The van der Waals surface area contributed by atoms with Crippen LogP contribution in [0.25, 0.3) is 0 Å². The molecule has 2 atom stereocenters. The number of nitrogens with zero attached hydrogens (tertiary/aromatic N) is 3. The minimum absolute atomic E-state index is 0.0461. The Morgan fingerprint density at radius 3 is 2.59 bits per heavy atom. The molecule has 1 aromatic heterocycles. The van der Waals surface area contributed by atoms with Gasteiger partial charge in [-0.3, -0.25) is 0 Å². The SMILES string of the molecule is CC1(C(c2ccc(Cl)cc2)n2cncn2)C=CC(N)=C(N)C1. The van der Waals surface area contributed by atoms with Crippen molar-refractivity contribution in [2.75, 3.05) is 0 Å². The largest absolute Gasteiger partial charge is 0.400 e. The first kappa shape index (κ1) is 14.7. The van der Waals surface area contributed by atoms with Crippen molar-refractivity contribution in [1.29, 1.82) is 0 Å². The maximum atomic E-state index is 6.08. The smallest absolute Gasteiger partial charge is 0.137 e. The lowest BCUT2D eigenvalue weighted by Gasteiger charge is -2.37. The Morgan fingerprint density at radius 1 is 1.27 bits per heavy atom. The van der Waals surface area contributed by atoms with Crippen LogP contribution in [0.1, 0.15) is 24.9 Å². The van der Waals surface area contributed by atoms with Crippen LogP contribution in [-0.2, 0) is 0 Å². The Balaban J connectivity index is 2.07. The lowest BCUT2D eigenvalue weighted by molar-refractivity contribution is 0.271. The lowest BCUT2D eigenvalue weighted by atomic mass is 9.73. The second kappa shape index (κ2) is 5.50. The molecule has 3 rings (SSSR count). The number of nitrogens with two attached hydrogens (primary N) is 2. The summed E-state index contributed by atoms with van der Waals surface area (Å²) < 4.78 is 1.85. The molecule has 5 nitrogen and oxygen atoms in total. The van der Waals surface area contributed by atoms with Gasteiger partial charge >= 0.3 is 0 Å². The Hall–Kier alpha value is -2.27. The van der Waals surface area contributed by atoms with Gasteiger partial charge in [-0.25, -0.2) is 9.67 Å². The molecule has 6 heteroatoms. The highest BCUT2D eigenvalue weighted by Crippen LogP contribution is 2.44. The quantitative estimate of drug-likeness (QED) is 0.912. The van der Waals surface area contributed by atoms with Gasteiger partial charge in [0.15, 0.2) is 0 Å². The van der Waals surface area contributed by atoms with Crippen LogP contribution in [0.4, 0.5) is 0 Å². The highest BCUT2D eigenvalue weighted by atomic mass is 35.5. The average Bonchev–Trinajstić information content (AvgIpc) is 2.99. The molecule has 0 fully saturated rings. The molecule has 0 spiro atoms. The number of hydrogen-bond donors (Lipinski definition) is 2. The fourth-order valence-electron chi connectivity index (χ4n) is 2.98. The number of benzene rings is 1. The Kier molecular flexibility index (Phi) is 3.66. The first-order valence-electron chi connectivity index (χ1n) is 7.02. The fraction of sp³-hybridized carbons (Fsp3) is 0.250. The van der Waals surface area contributed by atoms with Crippen molar-refractivity contribution in [2.24, 2.45) is 16.9 Å². The molecule has 2 aromatic rings. The summed E-state index contributed by atoms with van der Waals surface area (Å²) in [6.07, 6.45) is 7.88. The summed E-state index contributed by atoms with van der Waals surface area (Å²) in [6, 6.07) is 7.72. The summed E-state index contributed by atoms with van der Waals surface area (Å²) in [6.45, 7) is 2.14. The molecule has 22 heavy (non-hydrogen) atoms. The molecule has 4 N–H and O–H groups in total. The molecule has 0 amide bonds. The van der Waals surface area contributed by atoms with E-state index in [0.29, 0.717) is 22.8 Å². The fourth-order valence-corrected chi connectivity index (χ4v) is 3.10.